The second-order valence-electron chi connectivity index (χ2n) is 22.0. The topological polar surface area (TPSA) is 78.9 Å². The van der Waals surface area contributed by atoms with E-state index in [9.17, 15) is 14.4 Å². The van der Waals surface area contributed by atoms with Crippen molar-refractivity contribution >= 4 is 17.9 Å². The van der Waals surface area contributed by atoms with E-state index in [4.69, 9.17) is 14.2 Å². The molecule has 0 saturated heterocycles. The van der Waals surface area contributed by atoms with Crippen molar-refractivity contribution in [2.75, 3.05) is 13.2 Å². The van der Waals surface area contributed by atoms with Gasteiger partial charge in [-0.3, -0.25) is 14.4 Å². The first-order chi connectivity index (χ1) is 41.0. The van der Waals surface area contributed by atoms with Crippen LogP contribution < -0.4 is 0 Å². The molecule has 0 aromatic carbocycles. The highest BCUT2D eigenvalue weighted by atomic mass is 16.6. The van der Waals surface area contributed by atoms with Gasteiger partial charge in [0, 0.05) is 19.3 Å². The minimum absolute atomic E-state index is 0.108. The lowest BCUT2D eigenvalue weighted by molar-refractivity contribution is -0.167. The summed E-state index contributed by atoms with van der Waals surface area (Å²) in [6.45, 7) is 6.36. The molecule has 0 saturated carbocycles. The highest BCUT2D eigenvalue weighted by Crippen LogP contribution is 2.15. The van der Waals surface area contributed by atoms with Gasteiger partial charge in [0.2, 0.25) is 0 Å². The maximum atomic E-state index is 12.9. The monoisotopic (exact) mass is 1140 g/mol. The van der Waals surface area contributed by atoms with E-state index in [0.717, 1.165) is 141 Å². The lowest BCUT2D eigenvalue weighted by Crippen LogP contribution is -2.30. The Balaban J connectivity index is 4.52. The van der Waals surface area contributed by atoms with Crippen molar-refractivity contribution in [3.63, 3.8) is 0 Å². The van der Waals surface area contributed by atoms with E-state index in [2.05, 4.69) is 179 Å². The molecule has 0 bridgehead atoms. The number of esters is 3. The van der Waals surface area contributed by atoms with Crippen LogP contribution in [-0.2, 0) is 28.6 Å². The van der Waals surface area contributed by atoms with Crippen LogP contribution >= 0.6 is 0 Å². The summed E-state index contributed by atoms with van der Waals surface area (Å²) in [7, 11) is 0. The number of allylic oxidation sites excluding steroid dienone is 26. The molecule has 0 heterocycles. The first-order valence-corrected chi connectivity index (χ1v) is 34.0. The van der Waals surface area contributed by atoms with Crippen molar-refractivity contribution in [1.29, 1.82) is 0 Å². The van der Waals surface area contributed by atoms with E-state index in [0.29, 0.717) is 19.3 Å². The zero-order valence-electron chi connectivity index (χ0n) is 53.7. The second kappa shape index (κ2) is 69.5. The fraction of sp³-hybridized carbons (Fsp3) is 0.623. The van der Waals surface area contributed by atoms with Gasteiger partial charge in [-0.05, 0) is 148 Å². The van der Waals surface area contributed by atoms with Gasteiger partial charge in [-0.1, -0.05) is 281 Å². The molecule has 0 aliphatic heterocycles. The van der Waals surface area contributed by atoms with E-state index in [1.54, 1.807) is 0 Å². The molecule has 0 fully saturated rings. The van der Waals surface area contributed by atoms with Crippen molar-refractivity contribution in [1.82, 2.24) is 0 Å². The molecule has 0 radical (unpaired) electrons. The molecule has 0 aliphatic carbocycles. The summed E-state index contributed by atoms with van der Waals surface area (Å²) in [5, 5.41) is 0. The third kappa shape index (κ3) is 67.7. The first kappa shape index (κ1) is 78.0. The van der Waals surface area contributed by atoms with E-state index >= 15 is 0 Å². The predicted octanol–water partition coefficient (Wildman–Crippen LogP) is 23.7. The lowest BCUT2D eigenvalue weighted by atomic mass is 10.1. The van der Waals surface area contributed by atoms with Crippen LogP contribution in [-0.4, -0.2) is 37.2 Å². The molecule has 0 aromatic rings. The zero-order chi connectivity index (χ0) is 59.9. The molecule has 0 rings (SSSR count). The highest BCUT2D eigenvalue weighted by molar-refractivity contribution is 5.71. The summed E-state index contributed by atoms with van der Waals surface area (Å²) in [4.78, 5) is 38.5. The largest absolute Gasteiger partial charge is 0.462 e. The quantitative estimate of drug-likeness (QED) is 0.0261. The molecule has 1 unspecified atom stereocenters. The summed E-state index contributed by atoms with van der Waals surface area (Å²) in [5.41, 5.74) is 0. The number of carbonyl (C=O) groups is 3. The maximum Gasteiger partial charge on any atom is 0.306 e. The maximum absolute atomic E-state index is 12.9. The van der Waals surface area contributed by atoms with Gasteiger partial charge in [0.05, 0.1) is 0 Å². The van der Waals surface area contributed by atoms with Crippen LogP contribution in [0.2, 0.25) is 0 Å². The van der Waals surface area contributed by atoms with Crippen LogP contribution in [0.15, 0.2) is 158 Å². The standard InChI is InChI=1S/C77H124O6/c1-4-7-10-13-16-19-22-25-28-31-34-37-38-41-43-46-49-52-55-58-61-64-67-70-76(79)82-73-74(83-77(80)71-68-65-62-59-56-53-50-47-44-40-36-33-30-27-24-21-18-15-12-9-6-3)72-81-75(78)69-66-63-60-57-54-51-48-45-42-39-35-32-29-26-23-20-17-14-11-8-5-2/h8-9,11-12,17-18,20-22,25-27,29-31,34-36,38-41,47,50,56,59,74H,4-7,10,13-16,19,23-24,28,32-33,37,42-46,48-49,51-55,57-58,60-73H2,1-3H3/b11-8-,12-9-,20-17-,21-18-,25-22-,29-26-,30-27-,34-31-,39-35-,40-36-,41-38-,50-47-,59-56-. The highest BCUT2D eigenvalue weighted by Gasteiger charge is 2.19. The smallest absolute Gasteiger partial charge is 0.306 e. The first-order valence-electron chi connectivity index (χ1n) is 34.0. The van der Waals surface area contributed by atoms with Gasteiger partial charge in [-0.2, -0.15) is 0 Å². The van der Waals surface area contributed by atoms with Crippen LogP contribution in [0.25, 0.3) is 0 Å². The Morgan fingerprint density at radius 3 is 0.759 bits per heavy atom. The Morgan fingerprint density at radius 1 is 0.253 bits per heavy atom. The number of hydrogen-bond acceptors (Lipinski definition) is 6. The molecular formula is C77H124O6. The van der Waals surface area contributed by atoms with E-state index in [1.807, 2.05) is 0 Å². The average Bonchev–Trinajstić information content (AvgIpc) is 3.49. The summed E-state index contributed by atoms with van der Waals surface area (Å²) in [6, 6.07) is 0. The summed E-state index contributed by atoms with van der Waals surface area (Å²) in [6.07, 6.45) is 101. The number of unbranched alkanes of at least 4 members (excludes halogenated alkanes) is 23. The summed E-state index contributed by atoms with van der Waals surface area (Å²) in [5.74, 6) is -0.966. The lowest BCUT2D eigenvalue weighted by Gasteiger charge is -2.18. The number of carbonyl (C=O) groups excluding carboxylic acids is 3. The Labute approximate surface area is 511 Å². The van der Waals surface area contributed by atoms with Crippen molar-refractivity contribution in [3.05, 3.63) is 158 Å². The molecule has 6 heteroatoms. The van der Waals surface area contributed by atoms with Crippen molar-refractivity contribution in [2.24, 2.45) is 0 Å². The Kier molecular flexibility index (Phi) is 65.4. The van der Waals surface area contributed by atoms with Gasteiger partial charge in [0.1, 0.15) is 13.2 Å². The second-order valence-corrected chi connectivity index (χ2v) is 22.0. The Bertz CT molecular complexity index is 1840. The molecule has 1 atom stereocenters. The predicted molar refractivity (Wildman–Crippen MR) is 362 cm³/mol. The Morgan fingerprint density at radius 2 is 0.470 bits per heavy atom. The van der Waals surface area contributed by atoms with Crippen LogP contribution in [0.5, 0.6) is 0 Å². The molecule has 6 nitrogen and oxygen atoms in total. The van der Waals surface area contributed by atoms with E-state index in [-0.39, 0.29) is 37.5 Å². The van der Waals surface area contributed by atoms with Gasteiger partial charge >= 0.3 is 17.9 Å². The van der Waals surface area contributed by atoms with Crippen LogP contribution in [0.3, 0.4) is 0 Å². The zero-order valence-corrected chi connectivity index (χ0v) is 53.7. The molecule has 0 aromatic heterocycles. The Hall–Kier alpha value is -4.97. The van der Waals surface area contributed by atoms with Crippen molar-refractivity contribution in [3.8, 4) is 0 Å². The molecule has 83 heavy (non-hydrogen) atoms. The molecule has 0 amide bonds. The fourth-order valence-electron chi connectivity index (χ4n) is 8.97. The van der Waals surface area contributed by atoms with E-state index in [1.165, 1.54) is 103 Å². The van der Waals surface area contributed by atoms with E-state index < -0.39 is 6.10 Å². The molecule has 0 spiro atoms. The third-order valence-electron chi connectivity index (χ3n) is 14.0. The number of rotatable bonds is 60. The average molecular weight is 1150 g/mol. The minimum Gasteiger partial charge on any atom is -0.462 e. The van der Waals surface area contributed by atoms with Gasteiger partial charge in [-0.15, -0.1) is 0 Å². The number of ether oxygens (including phenoxy) is 3. The van der Waals surface area contributed by atoms with Gasteiger partial charge in [0.15, 0.2) is 6.10 Å². The summed E-state index contributed by atoms with van der Waals surface area (Å²) < 4.78 is 16.9. The van der Waals surface area contributed by atoms with Crippen molar-refractivity contribution in [2.45, 2.75) is 297 Å². The molecule has 0 N–H and O–H groups in total. The normalized spacial score (nSPS) is 13.1. The van der Waals surface area contributed by atoms with Crippen LogP contribution in [0.4, 0.5) is 0 Å². The van der Waals surface area contributed by atoms with Crippen molar-refractivity contribution < 1.29 is 28.6 Å². The van der Waals surface area contributed by atoms with Crippen LogP contribution in [0.1, 0.15) is 290 Å². The molecule has 468 valence electrons. The van der Waals surface area contributed by atoms with Gasteiger partial charge in [-0.25, -0.2) is 0 Å². The SMILES string of the molecule is CC/C=C\C/C=C\C/C=C\C/C=C\C/C=C\C/C=C\CCCCC(=O)OC(COC(=O)CCCCCCCCCC/C=C\C/C=C\C/C=C\C/C=C\CC)COC(=O)CCCCCCCCCC/C=C\C/C=C\C/C=C\CCCCCCC. The number of hydrogen-bond donors (Lipinski definition) is 0. The van der Waals surface area contributed by atoms with Gasteiger partial charge in [0.25, 0.3) is 0 Å². The van der Waals surface area contributed by atoms with Crippen LogP contribution in [0, 0.1) is 0 Å². The fourth-order valence-corrected chi connectivity index (χ4v) is 8.97. The summed E-state index contributed by atoms with van der Waals surface area (Å²) >= 11 is 0. The minimum atomic E-state index is -0.818. The third-order valence-corrected chi connectivity index (χ3v) is 14.0. The molecule has 0 aliphatic rings. The van der Waals surface area contributed by atoms with Gasteiger partial charge < -0.3 is 14.2 Å². The molecular weight excluding hydrogens is 1020 g/mol.